The SMILES string of the molecule is Cc1nc(Nc2ccc(Br)cc2)sc1C(=O)NC(C)c1cccc2ccccc12. The van der Waals surface area contributed by atoms with Gasteiger partial charge in [-0.1, -0.05) is 69.7 Å². The van der Waals surface area contributed by atoms with Crippen LogP contribution in [0.5, 0.6) is 0 Å². The molecule has 0 saturated carbocycles. The number of nitrogens with one attached hydrogen (secondary N) is 2. The summed E-state index contributed by atoms with van der Waals surface area (Å²) in [6.45, 7) is 3.87. The molecule has 1 unspecified atom stereocenters. The van der Waals surface area contributed by atoms with Crippen LogP contribution < -0.4 is 10.6 Å². The molecule has 4 nitrogen and oxygen atoms in total. The molecule has 2 N–H and O–H groups in total. The molecule has 0 fully saturated rings. The van der Waals surface area contributed by atoms with E-state index in [0.717, 1.165) is 26.8 Å². The van der Waals surface area contributed by atoms with E-state index < -0.39 is 0 Å². The predicted octanol–water partition coefficient (Wildman–Crippen LogP) is 6.60. The number of rotatable bonds is 5. The number of fused-ring (bicyclic) bond motifs is 1. The van der Waals surface area contributed by atoms with E-state index >= 15 is 0 Å². The fourth-order valence-electron chi connectivity index (χ4n) is 3.29. The van der Waals surface area contributed by atoms with Gasteiger partial charge in [-0.25, -0.2) is 4.98 Å². The summed E-state index contributed by atoms with van der Waals surface area (Å²) < 4.78 is 1.01. The number of nitrogens with zero attached hydrogens (tertiary/aromatic N) is 1. The molecule has 0 saturated heterocycles. The average Bonchev–Trinajstić information content (AvgIpc) is 3.09. The number of carbonyl (C=O) groups is 1. The van der Waals surface area contributed by atoms with Crippen molar-refractivity contribution in [3.05, 3.63) is 87.3 Å². The predicted molar refractivity (Wildman–Crippen MR) is 124 cm³/mol. The third kappa shape index (κ3) is 4.33. The first-order valence-corrected chi connectivity index (χ1v) is 10.9. The highest BCUT2D eigenvalue weighted by atomic mass is 79.9. The van der Waals surface area contributed by atoms with Crippen LogP contribution in [-0.2, 0) is 0 Å². The van der Waals surface area contributed by atoms with Crippen molar-refractivity contribution < 1.29 is 4.79 Å². The third-order valence-electron chi connectivity index (χ3n) is 4.74. The molecule has 0 radical (unpaired) electrons. The number of hydrogen-bond acceptors (Lipinski definition) is 4. The zero-order valence-corrected chi connectivity index (χ0v) is 18.5. The van der Waals surface area contributed by atoms with Crippen molar-refractivity contribution in [2.45, 2.75) is 19.9 Å². The Bertz CT molecular complexity index is 1170. The molecule has 29 heavy (non-hydrogen) atoms. The second-order valence-corrected chi connectivity index (χ2v) is 8.74. The van der Waals surface area contributed by atoms with Crippen molar-refractivity contribution in [3.8, 4) is 0 Å². The first-order valence-electron chi connectivity index (χ1n) is 9.30. The molecule has 3 aromatic carbocycles. The Morgan fingerprint density at radius 1 is 1.03 bits per heavy atom. The maximum Gasteiger partial charge on any atom is 0.263 e. The number of aromatic nitrogens is 1. The van der Waals surface area contributed by atoms with Crippen molar-refractivity contribution in [2.24, 2.45) is 0 Å². The van der Waals surface area contributed by atoms with Crippen molar-refractivity contribution in [1.82, 2.24) is 10.3 Å². The molecule has 0 aliphatic heterocycles. The van der Waals surface area contributed by atoms with Crippen LogP contribution in [0, 0.1) is 6.92 Å². The van der Waals surface area contributed by atoms with E-state index in [1.807, 2.05) is 56.3 Å². The summed E-state index contributed by atoms with van der Waals surface area (Å²) in [6, 6.07) is 22.1. The van der Waals surface area contributed by atoms with Crippen molar-refractivity contribution >= 4 is 54.8 Å². The number of aryl methyl sites for hydroxylation is 1. The topological polar surface area (TPSA) is 54.0 Å². The molecule has 4 rings (SSSR count). The number of halogens is 1. The van der Waals surface area contributed by atoms with Gasteiger partial charge < -0.3 is 10.6 Å². The van der Waals surface area contributed by atoms with Gasteiger partial charge in [-0.2, -0.15) is 0 Å². The standard InChI is InChI=1S/C23H20BrN3OS/c1-14(19-9-5-7-16-6-3-4-8-20(16)19)25-22(28)21-15(2)26-23(29-21)27-18-12-10-17(24)11-13-18/h3-14H,1-2H3,(H,25,28)(H,26,27). The highest BCUT2D eigenvalue weighted by Crippen LogP contribution is 2.28. The number of amides is 1. The molecule has 0 aliphatic rings. The van der Waals surface area contributed by atoms with Crippen LogP contribution in [0.1, 0.15) is 33.9 Å². The Morgan fingerprint density at radius 3 is 2.55 bits per heavy atom. The summed E-state index contributed by atoms with van der Waals surface area (Å²) in [4.78, 5) is 18.1. The molecule has 1 amide bonds. The van der Waals surface area contributed by atoms with E-state index in [1.165, 1.54) is 16.7 Å². The third-order valence-corrected chi connectivity index (χ3v) is 6.34. The normalized spacial score (nSPS) is 12.0. The fourth-order valence-corrected chi connectivity index (χ4v) is 4.44. The van der Waals surface area contributed by atoms with Crippen molar-refractivity contribution in [1.29, 1.82) is 0 Å². The highest BCUT2D eigenvalue weighted by Gasteiger charge is 2.19. The van der Waals surface area contributed by atoms with E-state index in [9.17, 15) is 4.79 Å². The van der Waals surface area contributed by atoms with Gasteiger partial charge in [-0.3, -0.25) is 4.79 Å². The number of thiazole rings is 1. The van der Waals surface area contributed by atoms with Crippen LogP contribution in [0.4, 0.5) is 10.8 Å². The minimum absolute atomic E-state index is 0.107. The summed E-state index contributed by atoms with van der Waals surface area (Å²) in [5, 5.41) is 9.41. The van der Waals surface area contributed by atoms with Crippen LogP contribution >= 0.6 is 27.3 Å². The molecule has 1 aromatic heterocycles. The van der Waals surface area contributed by atoms with Gasteiger partial charge in [0.05, 0.1) is 11.7 Å². The largest absolute Gasteiger partial charge is 0.345 e. The number of benzene rings is 3. The van der Waals surface area contributed by atoms with Gasteiger partial charge in [-0.05, 0) is 54.4 Å². The number of hydrogen-bond donors (Lipinski definition) is 2. The first kappa shape index (κ1) is 19.6. The number of carbonyl (C=O) groups excluding carboxylic acids is 1. The fraction of sp³-hybridized carbons (Fsp3) is 0.130. The second-order valence-electron chi connectivity index (χ2n) is 6.83. The Kier molecular flexibility index (Phi) is 5.65. The van der Waals surface area contributed by atoms with E-state index in [4.69, 9.17) is 0 Å². The molecule has 4 aromatic rings. The summed E-state index contributed by atoms with van der Waals surface area (Å²) in [5.74, 6) is -0.107. The smallest absolute Gasteiger partial charge is 0.263 e. The van der Waals surface area contributed by atoms with Crippen LogP contribution in [0.2, 0.25) is 0 Å². The molecule has 146 valence electrons. The van der Waals surface area contributed by atoms with E-state index in [0.29, 0.717) is 10.0 Å². The minimum Gasteiger partial charge on any atom is -0.345 e. The van der Waals surface area contributed by atoms with Crippen molar-refractivity contribution in [2.75, 3.05) is 5.32 Å². The van der Waals surface area contributed by atoms with Gasteiger partial charge in [0.15, 0.2) is 5.13 Å². The van der Waals surface area contributed by atoms with Crippen LogP contribution in [0.15, 0.2) is 71.2 Å². The van der Waals surface area contributed by atoms with Gasteiger partial charge in [-0.15, -0.1) is 0 Å². The van der Waals surface area contributed by atoms with Gasteiger partial charge in [0.2, 0.25) is 0 Å². The molecule has 0 aliphatic carbocycles. The molecular formula is C23H20BrN3OS. The van der Waals surface area contributed by atoms with Crippen LogP contribution in [0.25, 0.3) is 10.8 Å². The molecule has 1 atom stereocenters. The lowest BCUT2D eigenvalue weighted by Crippen LogP contribution is -2.26. The Hall–Kier alpha value is -2.70. The molecule has 0 spiro atoms. The molecule has 6 heteroatoms. The zero-order chi connectivity index (χ0) is 20.4. The Morgan fingerprint density at radius 2 is 1.76 bits per heavy atom. The zero-order valence-electron chi connectivity index (χ0n) is 16.1. The minimum atomic E-state index is -0.113. The summed E-state index contributed by atoms with van der Waals surface area (Å²) in [7, 11) is 0. The lowest BCUT2D eigenvalue weighted by Gasteiger charge is -2.16. The first-order chi connectivity index (χ1) is 14.0. The summed E-state index contributed by atoms with van der Waals surface area (Å²) in [5.41, 5.74) is 2.75. The molecular weight excluding hydrogens is 446 g/mol. The maximum absolute atomic E-state index is 12.9. The Balaban J connectivity index is 1.52. The van der Waals surface area contributed by atoms with E-state index in [-0.39, 0.29) is 11.9 Å². The molecule has 0 bridgehead atoms. The summed E-state index contributed by atoms with van der Waals surface area (Å²) >= 11 is 4.79. The molecule has 1 heterocycles. The average molecular weight is 466 g/mol. The van der Waals surface area contributed by atoms with Gasteiger partial charge in [0, 0.05) is 10.2 Å². The van der Waals surface area contributed by atoms with Crippen LogP contribution in [0.3, 0.4) is 0 Å². The monoisotopic (exact) mass is 465 g/mol. The van der Waals surface area contributed by atoms with Crippen molar-refractivity contribution in [3.63, 3.8) is 0 Å². The Labute approximate surface area is 182 Å². The number of anilines is 2. The maximum atomic E-state index is 12.9. The summed E-state index contributed by atoms with van der Waals surface area (Å²) in [6.07, 6.45) is 0. The van der Waals surface area contributed by atoms with Gasteiger partial charge in [0.1, 0.15) is 4.88 Å². The van der Waals surface area contributed by atoms with Gasteiger partial charge in [0.25, 0.3) is 5.91 Å². The lowest BCUT2D eigenvalue weighted by molar-refractivity contribution is 0.0943. The van der Waals surface area contributed by atoms with E-state index in [1.54, 1.807) is 0 Å². The highest BCUT2D eigenvalue weighted by molar-refractivity contribution is 9.10. The second kappa shape index (κ2) is 8.35. The van der Waals surface area contributed by atoms with Gasteiger partial charge >= 0.3 is 0 Å². The van der Waals surface area contributed by atoms with E-state index in [2.05, 4.69) is 55.8 Å². The van der Waals surface area contributed by atoms with Crippen LogP contribution in [-0.4, -0.2) is 10.9 Å². The quantitative estimate of drug-likeness (QED) is 0.348. The lowest BCUT2D eigenvalue weighted by atomic mass is 9.99.